The molecule has 1 saturated heterocycles. The fraction of sp³-hybridized carbons (Fsp3) is 1.00. The zero-order valence-corrected chi connectivity index (χ0v) is 14.1. The minimum atomic E-state index is -2.87. The van der Waals surface area contributed by atoms with E-state index in [9.17, 15) is 8.42 Å². The predicted molar refractivity (Wildman–Crippen MR) is 83.8 cm³/mol. The molecular formula is C15H30N2O2S. The molecule has 1 saturated carbocycles. The van der Waals surface area contributed by atoms with Crippen molar-refractivity contribution in [3.8, 4) is 0 Å². The van der Waals surface area contributed by atoms with Gasteiger partial charge >= 0.3 is 0 Å². The Bertz CT molecular complexity index is 429. The molecule has 5 heteroatoms. The maximum absolute atomic E-state index is 11.8. The summed E-state index contributed by atoms with van der Waals surface area (Å²) < 4.78 is 23.7. The van der Waals surface area contributed by atoms with Gasteiger partial charge in [0.05, 0.1) is 5.75 Å². The number of rotatable bonds is 5. The molecule has 1 aliphatic carbocycles. The van der Waals surface area contributed by atoms with E-state index in [4.69, 9.17) is 0 Å². The zero-order chi connectivity index (χ0) is 14.9. The summed E-state index contributed by atoms with van der Waals surface area (Å²) in [5.74, 6) is 0.572. The van der Waals surface area contributed by atoms with Gasteiger partial charge in [-0.15, -0.1) is 0 Å². The molecule has 0 amide bonds. The van der Waals surface area contributed by atoms with Crippen LogP contribution >= 0.6 is 0 Å². The van der Waals surface area contributed by atoms with Gasteiger partial charge in [-0.3, -0.25) is 4.90 Å². The Morgan fingerprint density at radius 3 is 2.40 bits per heavy atom. The number of hydrogen-bond acceptors (Lipinski definition) is 4. The van der Waals surface area contributed by atoms with Crippen LogP contribution in [0.3, 0.4) is 0 Å². The number of nitrogens with one attached hydrogen (secondary N) is 1. The first-order chi connectivity index (χ1) is 9.35. The molecule has 118 valence electrons. The second-order valence-corrected chi connectivity index (χ2v) is 9.33. The van der Waals surface area contributed by atoms with Crippen LogP contribution in [0.1, 0.15) is 52.9 Å². The third kappa shape index (κ3) is 3.37. The molecule has 2 aliphatic rings. The highest BCUT2D eigenvalue weighted by Gasteiger charge is 2.46. The highest BCUT2D eigenvalue weighted by Crippen LogP contribution is 2.38. The Balaban J connectivity index is 2.10. The molecule has 1 atom stereocenters. The number of piperazine rings is 1. The van der Waals surface area contributed by atoms with Gasteiger partial charge in [-0.1, -0.05) is 26.7 Å². The fourth-order valence-electron chi connectivity index (χ4n) is 3.61. The SMILES string of the molecule is CCC1(C)CN(CCS(=O)(=O)CC)C2(CCCC2)CN1. The van der Waals surface area contributed by atoms with Crippen LogP contribution in [-0.2, 0) is 9.84 Å². The summed E-state index contributed by atoms with van der Waals surface area (Å²) in [6, 6.07) is 0. The standard InChI is InChI=1S/C15H30N2O2S/c1-4-14(3)13-17(10-11-20(18,19)5-2)15(12-16-14)8-6-7-9-15/h16H,4-13H2,1-3H3. The van der Waals surface area contributed by atoms with Crippen LogP contribution < -0.4 is 5.32 Å². The van der Waals surface area contributed by atoms with Crippen LogP contribution in [0.4, 0.5) is 0 Å². The van der Waals surface area contributed by atoms with Gasteiger partial charge < -0.3 is 5.32 Å². The van der Waals surface area contributed by atoms with Gasteiger partial charge in [0, 0.05) is 36.5 Å². The van der Waals surface area contributed by atoms with Crippen molar-refractivity contribution >= 4 is 9.84 Å². The average Bonchev–Trinajstić information content (AvgIpc) is 2.90. The minimum Gasteiger partial charge on any atom is -0.308 e. The van der Waals surface area contributed by atoms with Crippen LogP contribution in [0.25, 0.3) is 0 Å². The van der Waals surface area contributed by atoms with E-state index in [0.29, 0.717) is 12.3 Å². The van der Waals surface area contributed by atoms with Crippen molar-refractivity contribution in [3.05, 3.63) is 0 Å². The normalized spacial score (nSPS) is 30.9. The Hall–Kier alpha value is -0.130. The van der Waals surface area contributed by atoms with Gasteiger partial charge in [0.1, 0.15) is 0 Å². The molecule has 1 aliphatic heterocycles. The summed E-state index contributed by atoms with van der Waals surface area (Å²) in [7, 11) is -2.87. The zero-order valence-electron chi connectivity index (χ0n) is 13.2. The van der Waals surface area contributed by atoms with Crippen molar-refractivity contribution in [3.63, 3.8) is 0 Å². The van der Waals surface area contributed by atoms with E-state index in [2.05, 4.69) is 24.1 Å². The summed E-state index contributed by atoms with van der Waals surface area (Å²) >= 11 is 0. The third-order valence-corrected chi connectivity index (χ3v) is 7.17. The van der Waals surface area contributed by atoms with Gasteiger partial charge in [-0.2, -0.15) is 0 Å². The average molecular weight is 302 g/mol. The third-order valence-electron chi connectivity index (χ3n) is 5.48. The molecule has 1 spiro atoms. The lowest BCUT2D eigenvalue weighted by atomic mass is 9.85. The fourth-order valence-corrected chi connectivity index (χ4v) is 4.39. The topological polar surface area (TPSA) is 49.4 Å². The Morgan fingerprint density at radius 1 is 1.20 bits per heavy atom. The Kier molecular flexibility index (Phi) is 4.82. The van der Waals surface area contributed by atoms with Crippen molar-refractivity contribution in [2.75, 3.05) is 31.1 Å². The summed E-state index contributed by atoms with van der Waals surface area (Å²) in [6.45, 7) is 8.91. The first kappa shape index (κ1) is 16.2. The molecule has 2 fully saturated rings. The molecule has 20 heavy (non-hydrogen) atoms. The summed E-state index contributed by atoms with van der Waals surface area (Å²) in [5, 5.41) is 3.73. The minimum absolute atomic E-state index is 0.129. The Morgan fingerprint density at radius 2 is 1.85 bits per heavy atom. The van der Waals surface area contributed by atoms with Crippen molar-refractivity contribution in [1.82, 2.24) is 10.2 Å². The molecule has 1 N–H and O–H groups in total. The second-order valence-electron chi connectivity index (χ2n) is 6.86. The summed E-state index contributed by atoms with van der Waals surface area (Å²) in [4.78, 5) is 2.49. The van der Waals surface area contributed by atoms with Gasteiger partial charge in [-0.05, 0) is 26.2 Å². The highest BCUT2D eigenvalue weighted by atomic mass is 32.2. The predicted octanol–water partition coefficient (Wildman–Crippen LogP) is 1.81. The van der Waals surface area contributed by atoms with Crippen molar-refractivity contribution in [1.29, 1.82) is 0 Å². The van der Waals surface area contributed by atoms with Crippen LogP contribution in [0.2, 0.25) is 0 Å². The van der Waals surface area contributed by atoms with Crippen molar-refractivity contribution in [2.24, 2.45) is 0 Å². The Labute approximate surface area is 124 Å². The van der Waals surface area contributed by atoms with Crippen molar-refractivity contribution in [2.45, 2.75) is 64.0 Å². The molecule has 0 aromatic heterocycles. The number of sulfone groups is 1. The van der Waals surface area contributed by atoms with Gasteiger partial charge in [0.2, 0.25) is 0 Å². The molecule has 0 aromatic carbocycles. The van der Waals surface area contributed by atoms with Crippen LogP contribution in [-0.4, -0.2) is 55.5 Å². The second kappa shape index (κ2) is 5.93. The lowest BCUT2D eigenvalue weighted by Crippen LogP contribution is -2.68. The first-order valence-electron chi connectivity index (χ1n) is 8.05. The van der Waals surface area contributed by atoms with Gasteiger partial charge in [-0.25, -0.2) is 8.42 Å². The molecule has 0 bridgehead atoms. The maximum Gasteiger partial charge on any atom is 0.151 e. The molecule has 0 aromatic rings. The van der Waals surface area contributed by atoms with Gasteiger partial charge in [0.15, 0.2) is 9.84 Å². The van der Waals surface area contributed by atoms with E-state index < -0.39 is 9.84 Å². The molecule has 1 unspecified atom stereocenters. The largest absolute Gasteiger partial charge is 0.308 e. The van der Waals surface area contributed by atoms with Crippen LogP contribution in [0.5, 0.6) is 0 Å². The van der Waals surface area contributed by atoms with E-state index >= 15 is 0 Å². The molecule has 2 rings (SSSR count). The van der Waals surface area contributed by atoms with E-state index in [1.165, 1.54) is 25.7 Å². The lowest BCUT2D eigenvalue weighted by Gasteiger charge is -2.52. The molecular weight excluding hydrogens is 272 g/mol. The quantitative estimate of drug-likeness (QED) is 0.841. The lowest BCUT2D eigenvalue weighted by molar-refractivity contribution is 0.0169. The number of nitrogens with zero attached hydrogens (tertiary/aromatic N) is 1. The summed E-state index contributed by atoms with van der Waals surface area (Å²) in [6.07, 6.45) is 6.07. The van der Waals surface area contributed by atoms with Gasteiger partial charge in [0.25, 0.3) is 0 Å². The smallest absolute Gasteiger partial charge is 0.151 e. The molecule has 1 heterocycles. The van der Waals surface area contributed by atoms with Crippen LogP contribution in [0.15, 0.2) is 0 Å². The monoisotopic (exact) mass is 302 g/mol. The number of hydrogen-bond donors (Lipinski definition) is 1. The first-order valence-corrected chi connectivity index (χ1v) is 9.87. The van der Waals surface area contributed by atoms with E-state index in [1.54, 1.807) is 6.92 Å². The van der Waals surface area contributed by atoms with E-state index in [-0.39, 0.29) is 16.8 Å². The summed E-state index contributed by atoms with van der Waals surface area (Å²) in [5.41, 5.74) is 0.349. The highest BCUT2D eigenvalue weighted by molar-refractivity contribution is 7.91. The van der Waals surface area contributed by atoms with Crippen molar-refractivity contribution < 1.29 is 8.42 Å². The maximum atomic E-state index is 11.8. The molecule has 0 radical (unpaired) electrons. The molecule has 4 nitrogen and oxygen atoms in total. The van der Waals surface area contributed by atoms with Crippen LogP contribution in [0, 0.1) is 0 Å². The van der Waals surface area contributed by atoms with E-state index in [0.717, 1.165) is 19.5 Å². The van der Waals surface area contributed by atoms with E-state index in [1.807, 2.05) is 0 Å².